The topological polar surface area (TPSA) is 63.2 Å². The minimum absolute atomic E-state index is 0.0719. The highest BCUT2D eigenvalue weighted by Crippen LogP contribution is 2.43. The van der Waals surface area contributed by atoms with Crippen molar-refractivity contribution >= 4 is 5.97 Å². The Labute approximate surface area is 158 Å². The Bertz CT molecular complexity index is 784. The van der Waals surface area contributed by atoms with Gasteiger partial charge in [0.15, 0.2) is 18.1 Å². The average molecular weight is 372 g/mol. The lowest BCUT2D eigenvalue weighted by Crippen LogP contribution is -2.16. The first-order valence-electron chi connectivity index (χ1n) is 9.02. The molecular weight excluding hydrogens is 348 g/mol. The van der Waals surface area contributed by atoms with Crippen LogP contribution in [0.15, 0.2) is 36.4 Å². The van der Waals surface area contributed by atoms with E-state index in [9.17, 15) is 4.79 Å². The molecule has 1 heterocycles. The van der Waals surface area contributed by atoms with Gasteiger partial charge >= 0.3 is 5.97 Å². The van der Waals surface area contributed by atoms with E-state index in [1.165, 1.54) is 0 Å². The third-order valence-electron chi connectivity index (χ3n) is 4.46. The van der Waals surface area contributed by atoms with Crippen LogP contribution in [0.1, 0.15) is 37.3 Å². The Morgan fingerprint density at radius 3 is 2.44 bits per heavy atom. The van der Waals surface area contributed by atoms with Crippen LogP contribution < -0.4 is 18.9 Å². The Morgan fingerprint density at radius 1 is 1.11 bits per heavy atom. The Morgan fingerprint density at radius 2 is 1.81 bits per heavy atom. The van der Waals surface area contributed by atoms with E-state index in [-0.39, 0.29) is 19.3 Å². The second-order valence-corrected chi connectivity index (χ2v) is 6.07. The number of esters is 1. The maximum absolute atomic E-state index is 11.7. The van der Waals surface area contributed by atoms with Gasteiger partial charge < -0.3 is 23.7 Å². The van der Waals surface area contributed by atoms with Crippen molar-refractivity contribution in [1.29, 1.82) is 0 Å². The van der Waals surface area contributed by atoms with Gasteiger partial charge in [0.2, 0.25) is 6.79 Å². The van der Waals surface area contributed by atoms with Crippen molar-refractivity contribution in [2.75, 3.05) is 27.1 Å². The summed E-state index contributed by atoms with van der Waals surface area (Å²) in [5.41, 5.74) is 2.06. The van der Waals surface area contributed by atoms with Crippen LogP contribution >= 0.6 is 0 Å². The van der Waals surface area contributed by atoms with E-state index in [1.807, 2.05) is 30.3 Å². The van der Waals surface area contributed by atoms with Crippen LogP contribution in [0.3, 0.4) is 0 Å². The largest absolute Gasteiger partial charge is 0.497 e. The Kier molecular flexibility index (Phi) is 6.06. The van der Waals surface area contributed by atoms with Gasteiger partial charge in [-0.05, 0) is 37.1 Å². The summed E-state index contributed by atoms with van der Waals surface area (Å²) in [5.74, 6) is 2.36. The van der Waals surface area contributed by atoms with Crippen molar-refractivity contribution in [3.8, 4) is 23.0 Å². The fraction of sp³-hybridized carbons (Fsp3) is 0.381. The van der Waals surface area contributed by atoms with Gasteiger partial charge in [0.25, 0.3) is 0 Å². The number of carbonyl (C=O) groups excluding carboxylic acids is 1. The summed E-state index contributed by atoms with van der Waals surface area (Å²) >= 11 is 0. The third kappa shape index (κ3) is 4.27. The Balaban J connectivity index is 1.93. The number of benzene rings is 2. The molecule has 144 valence electrons. The standard InChI is InChI=1S/C21H24O6/c1-4-16(14-6-8-15(23-3)9-7-14)17-10-19-20(27-13-26-19)11-18(17)25-12-21(22)24-5-2/h6-11,16H,4-5,12-13H2,1-3H3. The number of ether oxygens (including phenoxy) is 5. The maximum Gasteiger partial charge on any atom is 0.344 e. The number of fused-ring (bicyclic) bond motifs is 1. The van der Waals surface area contributed by atoms with E-state index in [1.54, 1.807) is 20.1 Å². The smallest absolute Gasteiger partial charge is 0.344 e. The van der Waals surface area contributed by atoms with Crippen LogP contribution in [0.25, 0.3) is 0 Å². The second-order valence-electron chi connectivity index (χ2n) is 6.07. The van der Waals surface area contributed by atoms with Gasteiger partial charge in [-0.15, -0.1) is 0 Å². The van der Waals surface area contributed by atoms with Gasteiger partial charge in [0.05, 0.1) is 13.7 Å². The lowest BCUT2D eigenvalue weighted by molar-refractivity contribution is -0.145. The van der Waals surface area contributed by atoms with Crippen LogP contribution in [0, 0.1) is 0 Å². The van der Waals surface area contributed by atoms with E-state index in [2.05, 4.69) is 6.92 Å². The molecule has 1 aliphatic rings. The molecule has 2 aromatic rings. The van der Waals surface area contributed by atoms with Crippen molar-refractivity contribution in [2.45, 2.75) is 26.2 Å². The van der Waals surface area contributed by atoms with Crippen molar-refractivity contribution < 1.29 is 28.5 Å². The molecule has 2 aromatic carbocycles. The summed E-state index contributed by atoms with van der Waals surface area (Å²) in [5, 5.41) is 0. The Hall–Kier alpha value is -2.89. The number of hydrogen-bond acceptors (Lipinski definition) is 6. The monoisotopic (exact) mass is 372 g/mol. The zero-order valence-electron chi connectivity index (χ0n) is 15.8. The summed E-state index contributed by atoms with van der Waals surface area (Å²) in [6.45, 7) is 4.21. The first-order valence-corrected chi connectivity index (χ1v) is 9.02. The molecule has 27 heavy (non-hydrogen) atoms. The first-order chi connectivity index (χ1) is 13.2. The third-order valence-corrected chi connectivity index (χ3v) is 4.46. The summed E-state index contributed by atoms with van der Waals surface area (Å²) in [4.78, 5) is 11.7. The summed E-state index contributed by atoms with van der Waals surface area (Å²) < 4.78 is 27.0. The van der Waals surface area contributed by atoms with E-state index in [0.717, 1.165) is 23.3 Å². The molecule has 0 saturated heterocycles. The highest BCUT2D eigenvalue weighted by molar-refractivity contribution is 5.71. The van der Waals surface area contributed by atoms with Crippen molar-refractivity contribution in [1.82, 2.24) is 0 Å². The summed E-state index contributed by atoms with van der Waals surface area (Å²) in [6.07, 6.45) is 0.849. The maximum atomic E-state index is 11.7. The van der Waals surface area contributed by atoms with Crippen molar-refractivity contribution in [3.63, 3.8) is 0 Å². The van der Waals surface area contributed by atoms with Gasteiger partial charge in [0, 0.05) is 17.5 Å². The lowest BCUT2D eigenvalue weighted by atomic mass is 9.88. The van der Waals surface area contributed by atoms with Crippen molar-refractivity contribution in [3.05, 3.63) is 47.5 Å². The highest BCUT2D eigenvalue weighted by atomic mass is 16.7. The van der Waals surface area contributed by atoms with E-state index in [4.69, 9.17) is 23.7 Å². The fourth-order valence-electron chi connectivity index (χ4n) is 3.15. The quantitative estimate of drug-likeness (QED) is 0.655. The SMILES string of the molecule is CCOC(=O)COc1cc2c(cc1C(CC)c1ccc(OC)cc1)OCO2. The van der Waals surface area contributed by atoms with Gasteiger partial charge in [-0.2, -0.15) is 0 Å². The van der Waals surface area contributed by atoms with Crippen LogP contribution in [-0.4, -0.2) is 33.1 Å². The number of carbonyl (C=O) groups is 1. The average Bonchev–Trinajstić information content (AvgIpc) is 3.15. The van der Waals surface area contributed by atoms with Crippen LogP contribution in [0.4, 0.5) is 0 Å². The first kappa shape index (κ1) is 18.9. The van der Waals surface area contributed by atoms with Gasteiger partial charge in [-0.3, -0.25) is 0 Å². The number of hydrogen-bond donors (Lipinski definition) is 0. The molecule has 0 fully saturated rings. The van der Waals surface area contributed by atoms with Crippen LogP contribution in [0.5, 0.6) is 23.0 Å². The van der Waals surface area contributed by atoms with Gasteiger partial charge in [-0.25, -0.2) is 4.79 Å². The van der Waals surface area contributed by atoms with E-state index >= 15 is 0 Å². The molecule has 1 unspecified atom stereocenters. The van der Waals surface area contributed by atoms with Gasteiger partial charge in [-0.1, -0.05) is 19.1 Å². The molecule has 0 N–H and O–H groups in total. The minimum atomic E-state index is -0.404. The van der Waals surface area contributed by atoms with Gasteiger partial charge in [0.1, 0.15) is 11.5 Å². The highest BCUT2D eigenvalue weighted by Gasteiger charge is 2.24. The molecule has 0 aromatic heterocycles. The zero-order chi connectivity index (χ0) is 19.2. The minimum Gasteiger partial charge on any atom is -0.497 e. The molecule has 6 heteroatoms. The normalized spacial score (nSPS) is 13.1. The molecule has 0 bridgehead atoms. The molecule has 3 rings (SSSR count). The predicted octanol–water partition coefficient (Wildman–Crippen LogP) is 3.91. The molecule has 0 spiro atoms. The molecule has 1 atom stereocenters. The predicted molar refractivity (Wildman–Crippen MR) is 99.8 cm³/mol. The lowest BCUT2D eigenvalue weighted by Gasteiger charge is -2.20. The zero-order valence-corrected chi connectivity index (χ0v) is 15.8. The number of rotatable bonds is 8. The molecular formula is C21H24O6. The molecule has 6 nitrogen and oxygen atoms in total. The summed E-state index contributed by atoms with van der Waals surface area (Å²) in [6, 6.07) is 11.7. The van der Waals surface area contributed by atoms with E-state index < -0.39 is 5.97 Å². The van der Waals surface area contributed by atoms with E-state index in [0.29, 0.717) is 23.9 Å². The van der Waals surface area contributed by atoms with Crippen LogP contribution in [0.2, 0.25) is 0 Å². The molecule has 0 aliphatic carbocycles. The fourth-order valence-corrected chi connectivity index (χ4v) is 3.15. The summed E-state index contributed by atoms with van der Waals surface area (Å²) in [7, 11) is 1.64. The molecule has 0 amide bonds. The van der Waals surface area contributed by atoms with Crippen molar-refractivity contribution in [2.24, 2.45) is 0 Å². The molecule has 1 aliphatic heterocycles. The molecule has 0 saturated carbocycles. The number of methoxy groups -OCH3 is 1. The second kappa shape index (κ2) is 8.66. The molecule has 0 radical (unpaired) electrons. The van der Waals surface area contributed by atoms with Crippen LogP contribution in [-0.2, 0) is 9.53 Å².